The van der Waals surface area contributed by atoms with Crippen LogP contribution in [0.25, 0.3) is 0 Å². The van der Waals surface area contributed by atoms with Gasteiger partial charge in [0.25, 0.3) is 0 Å². The van der Waals surface area contributed by atoms with Gasteiger partial charge in [-0.05, 0) is 25.7 Å². The summed E-state index contributed by atoms with van der Waals surface area (Å²) in [5.74, 6) is 1.33. The Kier molecular flexibility index (Phi) is 4.01. The predicted molar refractivity (Wildman–Crippen MR) is 84.6 cm³/mol. The van der Waals surface area contributed by atoms with E-state index in [1.165, 1.54) is 0 Å². The Labute approximate surface area is 131 Å². The summed E-state index contributed by atoms with van der Waals surface area (Å²) in [6.45, 7) is 3.86. The number of hydrogen-bond donors (Lipinski definition) is 1. The monoisotopic (exact) mass is 325 g/mol. The number of nitrogens with zero attached hydrogens (tertiary/aromatic N) is 2. The first-order valence-corrected chi connectivity index (χ1v) is 9.82. The Bertz CT molecular complexity index is 676. The van der Waals surface area contributed by atoms with Crippen LogP contribution in [0.2, 0.25) is 0 Å². The maximum absolute atomic E-state index is 12.2. The topological polar surface area (TPSA) is 81.1 Å². The second kappa shape index (κ2) is 5.68. The van der Waals surface area contributed by atoms with Crippen LogP contribution < -0.4 is 5.32 Å². The maximum atomic E-state index is 12.2. The zero-order valence-corrected chi connectivity index (χ0v) is 13.9. The van der Waals surface area contributed by atoms with Gasteiger partial charge in [-0.2, -0.15) is 5.10 Å². The van der Waals surface area contributed by atoms with E-state index in [2.05, 4.69) is 10.4 Å². The van der Waals surface area contributed by atoms with E-state index in [4.69, 9.17) is 0 Å². The summed E-state index contributed by atoms with van der Waals surface area (Å²) in [5, 5.41) is 7.53. The summed E-state index contributed by atoms with van der Waals surface area (Å²) >= 11 is 0. The number of rotatable bonds is 5. The molecule has 0 bridgehead atoms. The van der Waals surface area contributed by atoms with Crippen LogP contribution in [0, 0.1) is 5.92 Å². The van der Waals surface area contributed by atoms with Crippen molar-refractivity contribution in [1.82, 2.24) is 9.78 Å². The molecule has 2 aliphatic rings. The number of sulfone groups is 1. The van der Waals surface area contributed by atoms with E-state index >= 15 is 0 Å². The highest BCUT2D eigenvalue weighted by atomic mass is 32.2. The van der Waals surface area contributed by atoms with Gasteiger partial charge in [0, 0.05) is 17.9 Å². The van der Waals surface area contributed by atoms with Crippen molar-refractivity contribution in [1.29, 1.82) is 0 Å². The van der Waals surface area contributed by atoms with Gasteiger partial charge in [0.05, 0.1) is 23.2 Å². The number of anilines is 1. The van der Waals surface area contributed by atoms with E-state index < -0.39 is 9.84 Å². The number of carbonyl (C=O) groups excluding carboxylic acids is 1. The van der Waals surface area contributed by atoms with Crippen LogP contribution in [0.3, 0.4) is 0 Å². The molecule has 22 heavy (non-hydrogen) atoms. The average molecular weight is 325 g/mol. The smallest absolute Gasteiger partial charge is 0.228 e. The van der Waals surface area contributed by atoms with Gasteiger partial charge in [-0.25, -0.2) is 13.1 Å². The largest absolute Gasteiger partial charge is 0.311 e. The average Bonchev–Trinajstić information content (AvgIpc) is 3.15. The lowest BCUT2D eigenvalue weighted by Crippen LogP contribution is -2.23. The number of hydrogen-bond acceptors (Lipinski definition) is 4. The lowest BCUT2D eigenvalue weighted by atomic mass is 10.1. The van der Waals surface area contributed by atoms with Crippen molar-refractivity contribution >= 4 is 21.6 Å². The maximum Gasteiger partial charge on any atom is 0.228 e. The molecule has 1 N–H and O–H groups in total. The molecule has 0 spiro atoms. The van der Waals surface area contributed by atoms with Crippen molar-refractivity contribution in [3.8, 4) is 0 Å². The van der Waals surface area contributed by atoms with Crippen LogP contribution in [0.5, 0.6) is 0 Å². The van der Waals surface area contributed by atoms with Gasteiger partial charge in [0.1, 0.15) is 5.82 Å². The molecular formula is C15H23N3O3S. The zero-order valence-electron chi connectivity index (χ0n) is 13.1. The standard InChI is InChI=1S/C15H23N3O3S/c1-3-10(2)15(19)16-14-8-13(11-4-5-11)17-18(14)12-6-7-22(20,21)9-12/h8,10-12H,3-7,9H2,1-2H3,(H,16,19). The molecule has 6 nitrogen and oxygen atoms in total. The van der Waals surface area contributed by atoms with Crippen LogP contribution in [-0.2, 0) is 14.6 Å². The highest BCUT2D eigenvalue weighted by Crippen LogP contribution is 2.41. The fourth-order valence-electron chi connectivity index (χ4n) is 2.77. The summed E-state index contributed by atoms with van der Waals surface area (Å²) in [6.07, 6.45) is 3.59. The molecule has 2 heterocycles. The Hall–Kier alpha value is -1.37. The summed E-state index contributed by atoms with van der Waals surface area (Å²) in [7, 11) is -2.98. The molecule has 2 fully saturated rings. The molecular weight excluding hydrogens is 302 g/mol. The van der Waals surface area contributed by atoms with Crippen molar-refractivity contribution in [2.45, 2.75) is 51.5 Å². The quantitative estimate of drug-likeness (QED) is 0.899. The van der Waals surface area contributed by atoms with Crippen molar-refractivity contribution in [2.75, 3.05) is 16.8 Å². The number of carbonyl (C=O) groups is 1. The van der Waals surface area contributed by atoms with Gasteiger partial charge < -0.3 is 5.32 Å². The molecule has 0 aromatic carbocycles. The van der Waals surface area contributed by atoms with Crippen LogP contribution in [-0.4, -0.2) is 35.6 Å². The third kappa shape index (κ3) is 3.19. The van der Waals surface area contributed by atoms with Gasteiger partial charge in [0.2, 0.25) is 5.91 Å². The molecule has 1 amide bonds. The Morgan fingerprint density at radius 2 is 2.18 bits per heavy atom. The third-order valence-corrected chi connectivity index (χ3v) is 6.37. The Morgan fingerprint density at radius 1 is 1.45 bits per heavy atom. The van der Waals surface area contributed by atoms with Gasteiger partial charge in [-0.1, -0.05) is 13.8 Å². The highest BCUT2D eigenvalue weighted by Gasteiger charge is 2.34. The lowest BCUT2D eigenvalue weighted by Gasteiger charge is -2.15. The second-order valence-electron chi connectivity index (χ2n) is 6.53. The second-order valence-corrected chi connectivity index (χ2v) is 8.76. The van der Waals surface area contributed by atoms with Crippen molar-refractivity contribution < 1.29 is 13.2 Å². The SMILES string of the molecule is CCC(C)C(=O)Nc1cc(C2CC2)nn1C1CCS(=O)(=O)C1. The predicted octanol–water partition coefficient (Wildman–Crippen LogP) is 2.10. The third-order valence-electron chi connectivity index (χ3n) is 4.62. The fraction of sp³-hybridized carbons (Fsp3) is 0.733. The molecule has 1 aromatic rings. The van der Waals surface area contributed by atoms with Gasteiger partial charge in [-0.15, -0.1) is 0 Å². The lowest BCUT2D eigenvalue weighted by molar-refractivity contribution is -0.119. The first-order chi connectivity index (χ1) is 10.4. The highest BCUT2D eigenvalue weighted by molar-refractivity contribution is 7.91. The van der Waals surface area contributed by atoms with E-state index in [-0.39, 0.29) is 29.4 Å². The Balaban J connectivity index is 1.86. The van der Waals surface area contributed by atoms with Crippen LogP contribution in [0.4, 0.5) is 5.82 Å². The molecule has 7 heteroatoms. The molecule has 1 aliphatic heterocycles. The normalized spacial score (nSPS) is 25.1. The van der Waals surface area contributed by atoms with Crippen molar-refractivity contribution in [2.24, 2.45) is 5.92 Å². The van der Waals surface area contributed by atoms with E-state index in [0.29, 0.717) is 18.2 Å². The Morgan fingerprint density at radius 3 is 2.73 bits per heavy atom. The summed E-state index contributed by atoms with van der Waals surface area (Å²) < 4.78 is 25.2. The molecule has 1 aliphatic carbocycles. The van der Waals surface area contributed by atoms with E-state index in [0.717, 1.165) is 25.0 Å². The molecule has 1 saturated heterocycles. The van der Waals surface area contributed by atoms with E-state index in [1.54, 1.807) is 4.68 Å². The van der Waals surface area contributed by atoms with Gasteiger partial charge in [-0.3, -0.25) is 4.79 Å². The minimum absolute atomic E-state index is 0.0353. The molecule has 122 valence electrons. The minimum atomic E-state index is -2.98. The fourth-order valence-corrected chi connectivity index (χ4v) is 4.46. The van der Waals surface area contributed by atoms with Crippen LogP contribution in [0.15, 0.2) is 6.07 Å². The molecule has 0 radical (unpaired) electrons. The summed E-state index contributed by atoms with van der Waals surface area (Å²) in [6, 6.07) is 1.76. The first-order valence-electron chi connectivity index (χ1n) is 8.00. The van der Waals surface area contributed by atoms with Gasteiger partial charge >= 0.3 is 0 Å². The van der Waals surface area contributed by atoms with E-state index in [9.17, 15) is 13.2 Å². The summed E-state index contributed by atoms with van der Waals surface area (Å²) in [4.78, 5) is 12.2. The molecule has 2 atom stereocenters. The van der Waals surface area contributed by atoms with Crippen LogP contribution >= 0.6 is 0 Å². The van der Waals surface area contributed by atoms with Crippen LogP contribution in [0.1, 0.15) is 57.2 Å². The number of amides is 1. The van der Waals surface area contributed by atoms with Crippen molar-refractivity contribution in [3.05, 3.63) is 11.8 Å². The summed E-state index contributed by atoms with van der Waals surface area (Å²) in [5.41, 5.74) is 0.976. The zero-order chi connectivity index (χ0) is 15.9. The minimum Gasteiger partial charge on any atom is -0.311 e. The first kappa shape index (κ1) is 15.5. The van der Waals surface area contributed by atoms with Gasteiger partial charge in [0.15, 0.2) is 9.84 Å². The molecule has 2 unspecified atom stereocenters. The van der Waals surface area contributed by atoms with E-state index in [1.807, 2.05) is 19.9 Å². The number of nitrogens with one attached hydrogen (secondary N) is 1. The number of aromatic nitrogens is 2. The van der Waals surface area contributed by atoms with Crippen molar-refractivity contribution in [3.63, 3.8) is 0 Å². The molecule has 1 aromatic heterocycles. The molecule has 3 rings (SSSR count). The molecule has 1 saturated carbocycles.